The molecule has 1 N–H and O–H groups in total. The van der Waals surface area contributed by atoms with Gasteiger partial charge in [0.05, 0.1) is 0 Å². The Morgan fingerprint density at radius 3 is 2.21 bits per heavy atom. The molecule has 0 fully saturated rings. The van der Waals surface area contributed by atoms with Crippen LogP contribution in [0.1, 0.15) is 29.3 Å². The van der Waals surface area contributed by atoms with Crippen molar-refractivity contribution in [1.29, 1.82) is 0 Å². The quantitative estimate of drug-likeness (QED) is 0.450. The van der Waals surface area contributed by atoms with Crippen molar-refractivity contribution in [3.8, 4) is 11.3 Å². The number of rotatable bonds is 4. The lowest BCUT2D eigenvalue weighted by Gasteiger charge is -2.16. The van der Waals surface area contributed by atoms with Crippen LogP contribution in [-0.2, 0) is 6.42 Å². The predicted octanol–water partition coefficient (Wildman–Crippen LogP) is 6.37. The summed E-state index contributed by atoms with van der Waals surface area (Å²) in [6.45, 7) is 8.19. The van der Waals surface area contributed by atoms with Crippen LogP contribution in [0, 0.1) is 26.6 Å². The SMILES string of the molecule is CCc1cccc2nc(-c3c(C)cccc3F)c(Nc3c(C)cccc3C)n12. The van der Waals surface area contributed by atoms with Crippen molar-refractivity contribution in [1.82, 2.24) is 9.38 Å². The first kappa shape index (κ1) is 18.2. The number of halogens is 1. The molecule has 2 aromatic heterocycles. The Kier molecular flexibility index (Phi) is 4.63. The van der Waals surface area contributed by atoms with E-state index in [0.717, 1.165) is 46.0 Å². The fourth-order valence-electron chi connectivity index (χ4n) is 3.79. The van der Waals surface area contributed by atoms with Gasteiger partial charge < -0.3 is 5.32 Å². The second kappa shape index (κ2) is 7.12. The van der Waals surface area contributed by atoms with Crippen LogP contribution < -0.4 is 5.32 Å². The number of nitrogens with one attached hydrogen (secondary N) is 1. The molecule has 0 aliphatic heterocycles. The molecule has 0 bridgehead atoms. The van der Waals surface area contributed by atoms with Crippen LogP contribution >= 0.6 is 0 Å². The number of benzene rings is 2. The summed E-state index contributed by atoms with van der Waals surface area (Å²) >= 11 is 0. The summed E-state index contributed by atoms with van der Waals surface area (Å²) in [7, 11) is 0. The Bertz CT molecular complexity index is 1130. The molecule has 0 aliphatic rings. The number of nitrogens with zero attached hydrogens (tertiary/aromatic N) is 2. The van der Waals surface area contributed by atoms with E-state index in [1.165, 1.54) is 6.07 Å². The summed E-state index contributed by atoms with van der Waals surface area (Å²) in [5.41, 5.74) is 7.29. The third-order valence-corrected chi connectivity index (χ3v) is 5.27. The number of imidazole rings is 1. The van der Waals surface area contributed by atoms with Crippen LogP contribution in [0.25, 0.3) is 16.9 Å². The molecule has 0 atom stereocenters. The third kappa shape index (κ3) is 2.95. The van der Waals surface area contributed by atoms with Crippen molar-refractivity contribution in [2.24, 2.45) is 0 Å². The van der Waals surface area contributed by atoms with Crippen LogP contribution in [-0.4, -0.2) is 9.38 Å². The van der Waals surface area contributed by atoms with Gasteiger partial charge in [-0.05, 0) is 62.1 Å². The minimum absolute atomic E-state index is 0.258. The first-order valence-corrected chi connectivity index (χ1v) is 9.60. The smallest absolute Gasteiger partial charge is 0.143 e. The van der Waals surface area contributed by atoms with Crippen LogP contribution in [0.3, 0.4) is 0 Å². The maximum Gasteiger partial charge on any atom is 0.143 e. The maximum atomic E-state index is 14.8. The molecule has 4 heteroatoms. The van der Waals surface area contributed by atoms with Gasteiger partial charge in [-0.15, -0.1) is 0 Å². The molecule has 142 valence electrons. The monoisotopic (exact) mass is 373 g/mol. The highest BCUT2D eigenvalue weighted by Crippen LogP contribution is 2.36. The lowest BCUT2D eigenvalue weighted by Crippen LogP contribution is -2.04. The van der Waals surface area contributed by atoms with E-state index < -0.39 is 0 Å². The molecule has 0 aliphatic carbocycles. The van der Waals surface area contributed by atoms with Crippen molar-refractivity contribution in [2.45, 2.75) is 34.1 Å². The molecule has 0 radical (unpaired) electrons. The summed E-state index contributed by atoms with van der Waals surface area (Å²) in [6.07, 6.45) is 0.852. The second-order valence-corrected chi connectivity index (χ2v) is 7.20. The van der Waals surface area contributed by atoms with Gasteiger partial charge in [0, 0.05) is 16.9 Å². The Labute approximate surface area is 164 Å². The Balaban J connectivity index is 2.05. The van der Waals surface area contributed by atoms with Gasteiger partial charge in [0.2, 0.25) is 0 Å². The first-order valence-electron chi connectivity index (χ1n) is 9.60. The topological polar surface area (TPSA) is 29.3 Å². The summed E-state index contributed by atoms with van der Waals surface area (Å²) in [4.78, 5) is 4.83. The molecule has 2 aromatic carbocycles. The zero-order valence-electron chi connectivity index (χ0n) is 16.7. The van der Waals surface area contributed by atoms with Crippen LogP contribution in [0.2, 0.25) is 0 Å². The van der Waals surface area contributed by atoms with Crippen molar-refractivity contribution in [2.75, 3.05) is 5.32 Å². The highest BCUT2D eigenvalue weighted by molar-refractivity contribution is 5.83. The fraction of sp³-hybridized carbons (Fsp3) is 0.208. The van der Waals surface area contributed by atoms with Crippen LogP contribution in [0.15, 0.2) is 54.6 Å². The second-order valence-electron chi connectivity index (χ2n) is 7.20. The summed E-state index contributed by atoms with van der Waals surface area (Å²) in [6, 6.07) is 17.4. The zero-order chi connectivity index (χ0) is 19.8. The average Bonchev–Trinajstić information content (AvgIpc) is 3.03. The number of aryl methyl sites for hydroxylation is 4. The van der Waals surface area contributed by atoms with Gasteiger partial charge in [0.1, 0.15) is 23.0 Å². The van der Waals surface area contributed by atoms with Gasteiger partial charge in [-0.3, -0.25) is 4.40 Å². The van der Waals surface area contributed by atoms with E-state index in [1.54, 1.807) is 6.07 Å². The number of fused-ring (bicyclic) bond motifs is 1. The molecule has 0 unspecified atom stereocenters. The van der Waals surface area contributed by atoms with E-state index in [2.05, 4.69) is 48.7 Å². The molecule has 0 amide bonds. The maximum absolute atomic E-state index is 14.8. The minimum atomic E-state index is -0.258. The van der Waals surface area contributed by atoms with E-state index in [-0.39, 0.29) is 5.82 Å². The number of hydrogen-bond donors (Lipinski definition) is 1. The van der Waals surface area contributed by atoms with Crippen LogP contribution in [0.5, 0.6) is 0 Å². The zero-order valence-corrected chi connectivity index (χ0v) is 16.7. The Morgan fingerprint density at radius 1 is 0.893 bits per heavy atom. The molecule has 0 spiro atoms. The molecular formula is C24H24FN3. The molecular weight excluding hydrogens is 349 g/mol. The molecule has 0 saturated heterocycles. The van der Waals surface area contributed by atoms with Gasteiger partial charge in [-0.1, -0.05) is 43.3 Å². The number of pyridine rings is 1. The fourth-order valence-corrected chi connectivity index (χ4v) is 3.79. The highest BCUT2D eigenvalue weighted by Gasteiger charge is 2.21. The first-order chi connectivity index (χ1) is 13.5. The van der Waals surface area contributed by atoms with Gasteiger partial charge in [-0.2, -0.15) is 0 Å². The van der Waals surface area contributed by atoms with Gasteiger partial charge in [0.25, 0.3) is 0 Å². The molecule has 3 nitrogen and oxygen atoms in total. The summed E-state index contributed by atoms with van der Waals surface area (Å²) in [5, 5.41) is 3.59. The number of hydrogen-bond acceptors (Lipinski definition) is 2. The number of para-hydroxylation sites is 1. The third-order valence-electron chi connectivity index (χ3n) is 5.27. The molecule has 0 saturated carbocycles. The standard InChI is InChI=1S/C24H24FN3/c1-5-18-12-8-14-20-26-23(21-15(2)9-7-13-19(21)25)24(28(18)20)27-22-16(3)10-6-11-17(22)4/h6-14,27H,5H2,1-4H3. The van der Waals surface area contributed by atoms with Gasteiger partial charge in [0.15, 0.2) is 0 Å². The van der Waals surface area contributed by atoms with E-state index in [9.17, 15) is 4.39 Å². The Hall–Kier alpha value is -3.14. The predicted molar refractivity (Wildman–Crippen MR) is 114 cm³/mol. The summed E-state index contributed by atoms with van der Waals surface area (Å²) < 4.78 is 17.0. The average molecular weight is 373 g/mol. The minimum Gasteiger partial charge on any atom is -0.339 e. The van der Waals surface area contributed by atoms with Crippen molar-refractivity contribution >= 4 is 17.2 Å². The molecule has 2 heterocycles. The normalized spacial score (nSPS) is 11.2. The van der Waals surface area contributed by atoms with Gasteiger partial charge >= 0.3 is 0 Å². The van der Waals surface area contributed by atoms with E-state index >= 15 is 0 Å². The van der Waals surface area contributed by atoms with E-state index in [0.29, 0.717) is 11.3 Å². The van der Waals surface area contributed by atoms with Crippen molar-refractivity contribution in [3.63, 3.8) is 0 Å². The lowest BCUT2D eigenvalue weighted by atomic mass is 10.0. The largest absolute Gasteiger partial charge is 0.339 e. The van der Waals surface area contributed by atoms with Crippen molar-refractivity contribution in [3.05, 3.63) is 82.8 Å². The number of aromatic nitrogens is 2. The number of anilines is 2. The van der Waals surface area contributed by atoms with Gasteiger partial charge in [-0.25, -0.2) is 9.37 Å². The lowest BCUT2D eigenvalue weighted by molar-refractivity contribution is 0.630. The molecule has 4 aromatic rings. The Morgan fingerprint density at radius 2 is 1.54 bits per heavy atom. The van der Waals surface area contributed by atoms with E-state index in [4.69, 9.17) is 4.98 Å². The summed E-state index contributed by atoms with van der Waals surface area (Å²) in [5.74, 6) is 0.545. The van der Waals surface area contributed by atoms with Crippen molar-refractivity contribution < 1.29 is 4.39 Å². The van der Waals surface area contributed by atoms with Crippen LogP contribution in [0.4, 0.5) is 15.9 Å². The molecule has 4 rings (SSSR count). The molecule has 28 heavy (non-hydrogen) atoms. The highest BCUT2D eigenvalue weighted by atomic mass is 19.1. The van der Waals surface area contributed by atoms with E-state index in [1.807, 2.05) is 31.2 Å².